The highest BCUT2D eigenvalue weighted by atomic mass is 16.5. The van der Waals surface area contributed by atoms with E-state index in [0.29, 0.717) is 22.6 Å². The van der Waals surface area contributed by atoms with E-state index in [4.69, 9.17) is 9.47 Å². The van der Waals surface area contributed by atoms with E-state index in [0.717, 1.165) is 9.47 Å². The fourth-order valence-corrected chi connectivity index (χ4v) is 5.39. The Morgan fingerprint density at radius 1 is 0.804 bits per heavy atom. The topological polar surface area (TPSA) is 231 Å². The molecule has 254 valence electrons. The molecule has 3 aliphatic heterocycles. The maximum atomic E-state index is 13.6. The number of nitrogens with one attached hydrogen (secondary N) is 4. The molecule has 2 aromatic heterocycles. The molecule has 17 nitrogen and oxygen atoms in total. The van der Waals surface area contributed by atoms with Crippen molar-refractivity contribution in [1.82, 2.24) is 19.9 Å². The molecule has 0 unspecified atom stereocenters. The van der Waals surface area contributed by atoms with E-state index in [9.17, 15) is 38.7 Å². The number of fused-ring (bicyclic) bond motifs is 2. The molecule has 1 fully saturated rings. The largest absolute Gasteiger partial charge is 0.494 e. The first-order chi connectivity index (χ1) is 24.6. The summed E-state index contributed by atoms with van der Waals surface area (Å²) in [7, 11) is 0. The molecular formula is C34H23N7O10. The monoisotopic (exact) mass is 689 g/mol. The Morgan fingerprint density at radius 3 is 2.10 bits per heavy atom. The number of barbiturate groups is 1. The third kappa shape index (κ3) is 6.13. The first-order valence-electron chi connectivity index (χ1n) is 15.0. The van der Waals surface area contributed by atoms with Crippen molar-refractivity contribution in [3.63, 3.8) is 0 Å². The molecule has 6 amide bonds. The van der Waals surface area contributed by atoms with Crippen LogP contribution in [0.3, 0.4) is 0 Å². The Kier molecular flexibility index (Phi) is 8.04. The van der Waals surface area contributed by atoms with E-state index in [1.165, 1.54) is 73.1 Å². The summed E-state index contributed by atoms with van der Waals surface area (Å²) in [6, 6.07) is 10.7. The number of anilines is 3. The predicted octanol–water partition coefficient (Wildman–Crippen LogP) is 1.59. The van der Waals surface area contributed by atoms with E-state index in [1.54, 1.807) is 12.1 Å². The average molecular weight is 690 g/mol. The molecule has 2 aromatic carbocycles. The Bertz CT molecular complexity index is 2410. The van der Waals surface area contributed by atoms with Crippen LogP contribution in [0.4, 0.5) is 21.9 Å². The lowest BCUT2D eigenvalue weighted by molar-refractivity contribution is -0.123. The van der Waals surface area contributed by atoms with Crippen LogP contribution in [0.1, 0.15) is 11.1 Å². The molecule has 0 aliphatic carbocycles. The Balaban J connectivity index is 1.25. The molecule has 0 atom stereocenters. The third-order valence-electron chi connectivity index (χ3n) is 7.80. The lowest BCUT2D eigenvalue weighted by Crippen LogP contribution is -2.54. The zero-order valence-electron chi connectivity index (χ0n) is 26.0. The summed E-state index contributed by atoms with van der Waals surface area (Å²) in [6.45, 7) is -0.383. The molecule has 0 spiro atoms. The van der Waals surface area contributed by atoms with Gasteiger partial charge in [0, 0.05) is 12.4 Å². The second kappa shape index (κ2) is 12.8. The van der Waals surface area contributed by atoms with Gasteiger partial charge in [-0.1, -0.05) is 12.2 Å². The SMILES string of the molecule is O=C1COc2ccc(N3C(=O)NC(=O)\C(=C/C=C(/C=C/c4c(O)[nH]c(=O)n(-c5ccc6c(c5)NC(=O)CO6)c4=O)c4ccncc4)C3=O)cc2N1. The first kappa shape index (κ1) is 32.0. The molecule has 1 saturated heterocycles. The minimum absolute atomic E-state index is 0.0531. The molecule has 3 aliphatic rings. The number of hydrogen-bond acceptors (Lipinski definition) is 11. The summed E-state index contributed by atoms with van der Waals surface area (Å²) in [5, 5.41) is 17.9. The van der Waals surface area contributed by atoms with Crippen LogP contribution >= 0.6 is 0 Å². The summed E-state index contributed by atoms with van der Waals surface area (Å²) >= 11 is 0. The van der Waals surface area contributed by atoms with Gasteiger partial charge in [0.15, 0.2) is 13.2 Å². The van der Waals surface area contributed by atoms with Crippen LogP contribution in [0.25, 0.3) is 17.3 Å². The number of ether oxygens (including phenoxy) is 2. The summed E-state index contributed by atoms with van der Waals surface area (Å²) in [6.07, 6.45) is 8.12. The number of pyridine rings is 1. The predicted molar refractivity (Wildman–Crippen MR) is 179 cm³/mol. The normalized spacial score (nSPS) is 16.5. The minimum atomic E-state index is -1.01. The van der Waals surface area contributed by atoms with Crippen molar-refractivity contribution in [1.29, 1.82) is 0 Å². The summed E-state index contributed by atoms with van der Waals surface area (Å²) in [5.74, 6) is -2.85. The summed E-state index contributed by atoms with van der Waals surface area (Å²) in [4.78, 5) is 96.2. The van der Waals surface area contributed by atoms with Crippen molar-refractivity contribution >= 4 is 58.4 Å². The first-order valence-corrected chi connectivity index (χ1v) is 15.0. The van der Waals surface area contributed by atoms with Gasteiger partial charge in [-0.15, -0.1) is 0 Å². The second-order valence-electron chi connectivity index (χ2n) is 11.0. The summed E-state index contributed by atoms with van der Waals surface area (Å²) in [5.41, 5.74) is -1.20. The number of amides is 6. The van der Waals surface area contributed by atoms with Gasteiger partial charge in [-0.2, -0.15) is 0 Å². The van der Waals surface area contributed by atoms with Gasteiger partial charge in [0.25, 0.3) is 29.2 Å². The number of H-pyrrole nitrogens is 1. The maximum Gasteiger partial charge on any atom is 0.335 e. The lowest BCUT2D eigenvalue weighted by atomic mass is 10.0. The van der Waals surface area contributed by atoms with Gasteiger partial charge in [0.2, 0.25) is 5.88 Å². The highest BCUT2D eigenvalue weighted by Crippen LogP contribution is 2.33. The zero-order chi connectivity index (χ0) is 35.8. The highest BCUT2D eigenvalue weighted by molar-refractivity contribution is 6.37. The Hall–Kier alpha value is -7.56. The molecule has 5 N–H and O–H groups in total. The van der Waals surface area contributed by atoms with Crippen LogP contribution in [0, 0.1) is 0 Å². The van der Waals surface area contributed by atoms with Crippen LogP contribution < -0.4 is 41.6 Å². The number of carbonyl (C=O) groups excluding carboxylic acids is 5. The Labute approximate surface area is 285 Å². The second-order valence-corrected chi connectivity index (χ2v) is 11.0. The minimum Gasteiger partial charge on any atom is -0.494 e. The van der Waals surface area contributed by atoms with Gasteiger partial charge < -0.3 is 25.2 Å². The van der Waals surface area contributed by atoms with Gasteiger partial charge in [0.1, 0.15) is 22.6 Å². The van der Waals surface area contributed by atoms with Crippen LogP contribution in [0.5, 0.6) is 17.4 Å². The number of rotatable bonds is 6. The average Bonchev–Trinajstić information content (AvgIpc) is 3.10. The maximum absolute atomic E-state index is 13.6. The Morgan fingerprint density at radius 2 is 1.43 bits per heavy atom. The number of aromatic amines is 1. The van der Waals surface area contributed by atoms with E-state index < -0.39 is 52.4 Å². The van der Waals surface area contributed by atoms with Crippen molar-refractivity contribution in [2.45, 2.75) is 0 Å². The van der Waals surface area contributed by atoms with Crippen LogP contribution in [0.15, 0.2) is 94.3 Å². The van der Waals surface area contributed by atoms with Gasteiger partial charge in [0.05, 0.1) is 22.7 Å². The smallest absolute Gasteiger partial charge is 0.335 e. The lowest BCUT2D eigenvalue weighted by Gasteiger charge is -2.27. The number of benzene rings is 2. The van der Waals surface area contributed by atoms with Gasteiger partial charge in [-0.3, -0.25) is 39.3 Å². The van der Waals surface area contributed by atoms with Crippen LogP contribution in [-0.2, 0) is 19.2 Å². The van der Waals surface area contributed by atoms with Crippen molar-refractivity contribution in [2.75, 3.05) is 28.7 Å². The summed E-state index contributed by atoms with van der Waals surface area (Å²) < 4.78 is 11.4. The third-order valence-corrected chi connectivity index (χ3v) is 7.80. The fourth-order valence-electron chi connectivity index (χ4n) is 5.39. The van der Waals surface area contributed by atoms with Crippen molar-refractivity contribution in [3.05, 3.63) is 117 Å². The highest BCUT2D eigenvalue weighted by Gasteiger charge is 2.37. The number of imide groups is 2. The number of urea groups is 1. The van der Waals surface area contributed by atoms with Gasteiger partial charge in [-0.25, -0.2) is 19.1 Å². The van der Waals surface area contributed by atoms with Gasteiger partial charge in [-0.05, 0) is 71.8 Å². The van der Waals surface area contributed by atoms with E-state index in [-0.39, 0.29) is 41.5 Å². The number of allylic oxidation sites excluding steroid dienone is 4. The zero-order valence-corrected chi connectivity index (χ0v) is 26.0. The molecule has 0 bridgehead atoms. The van der Waals surface area contributed by atoms with Gasteiger partial charge >= 0.3 is 11.7 Å². The quantitative estimate of drug-likeness (QED) is 0.111. The number of carbonyl (C=O) groups is 5. The molecule has 51 heavy (non-hydrogen) atoms. The molecular weight excluding hydrogens is 666 g/mol. The number of nitrogens with zero attached hydrogens (tertiary/aromatic N) is 3. The van der Waals surface area contributed by atoms with Crippen molar-refractivity contribution in [2.24, 2.45) is 0 Å². The number of aromatic hydroxyl groups is 1. The number of aromatic nitrogens is 3. The van der Waals surface area contributed by atoms with Crippen LogP contribution in [0.2, 0.25) is 0 Å². The molecule has 0 radical (unpaired) electrons. The molecule has 17 heteroatoms. The molecule has 7 rings (SSSR count). The van der Waals surface area contributed by atoms with Crippen LogP contribution in [-0.4, -0.2) is 62.5 Å². The van der Waals surface area contributed by atoms with E-state index >= 15 is 0 Å². The molecule has 5 heterocycles. The van der Waals surface area contributed by atoms with Crippen molar-refractivity contribution < 1.29 is 38.6 Å². The van der Waals surface area contributed by atoms with E-state index in [1.807, 2.05) is 0 Å². The fraction of sp³-hybridized carbons (Fsp3) is 0.0588. The van der Waals surface area contributed by atoms with E-state index in [2.05, 4.69) is 25.9 Å². The van der Waals surface area contributed by atoms with Crippen molar-refractivity contribution in [3.8, 4) is 23.1 Å². The molecule has 0 saturated carbocycles. The standard InChI is InChI=1S/C34H23N7O10/c42-27-15-50-25-7-3-19(13-23(25)36-27)40-31(46)21(29(44)38-33(40)48)5-1-17(18-9-11-35-12-10-18)2-6-22-30(45)39-34(49)41(32(22)47)20-4-8-26-24(14-20)37-28(43)16-51-26/h1-14,44H,15-16H2,(H,36,42)(H,37,43)(H,38,48)(H,39,45,49)/b5-1+,17-2-,22-6+. The molecule has 4 aromatic rings. The number of hydrogen-bond donors (Lipinski definition) is 5.